The summed E-state index contributed by atoms with van der Waals surface area (Å²) in [5, 5.41) is 3.42. The number of hydrogen-bond acceptors (Lipinski definition) is 5. The number of nitrogens with one attached hydrogen (secondary N) is 1. The first-order valence-corrected chi connectivity index (χ1v) is 7.44. The summed E-state index contributed by atoms with van der Waals surface area (Å²) in [5.74, 6) is 2.13. The Morgan fingerprint density at radius 3 is 2.70 bits per heavy atom. The van der Waals surface area contributed by atoms with Crippen molar-refractivity contribution in [2.75, 3.05) is 38.1 Å². The quantitative estimate of drug-likeness (QED) is 0.903. The highest BCUT2D eigenvalue weighted by Crippen LogP contribution is 2.20. The van der Waals surface area contributed by atoms with Crippen molar-refractivity contribution in [2.24, 2.45) is 4.99 Å². The smallest absolute Gasteiger partial charge is 0.194 e. The van der Waals surface area contributed by atoms with Gasteiger partial charge in [-0.25, -0.2) is 4.98 Å². The van der Waals surface area contributed by atoms with Gasteiger partial charge >= 0.3 is 0 Å². The van der Waals surface area contributed by atoms with Crippen LogP contribution in [0.25, 0.3) is 0 Å². The second-order valence-electron chi connectivity index (χ2n) is 5.65. The van der Waals surface area contributed by atoms with Crippen LogP contribution in [-0.4, -0.2) is 49.1 Å². The van der Waals surface area contributed by atoms with E-state index in [0.29, 0.717) is 0 Å². The molecule has 1 N–H and O–H groups in total. The van der Waals surface area contributed by atoms with Gasteiger partial charge in [-0.1, -0.05) is 0 Å². The van der Waals surface area contributed by atoms with Gasteiger partial charge in [0.25, 0.3) is 0 Å². The van der Waals surface area contributed by atoms with E-state index in [4.69, 9.17) is 0 Å². The fourth-order valence-electron chi connectivity index (χ4n) is 2.84. The molecule has 5 heteroatoms. The van der Waals surface area contributed by atoms with E-state index in [1.807, 2.05) is 0 Å². The van der Waals surface area contributed by atoms with Crippen LogP contribution in [0.15, 0.2) is 17.1 Å². The molecule has 1 fully saturated rings. The summed E-state index contributed by atoms with van der Waals surface area (Å²) in [7, 11) is 2.08. The Kier molecular flexibility index (Phi) is 3.76. The number of hydrogen-bond donors (Lipinski definition) is 1. The zero-order valence-corrected chi connectivity index (χ0v) is 12.4. The maximum atomic E-state index is 4.67. The van der Waals surface area contributed by atoms with Crippen molar-refractivity contribution in [1.82, 2.24) is 15.2 Å². The van der Waals surface area contributed by atoms with Crippen LogP contribution in [0, 0.1) is 6.92 Å². The summed E-state index contributed by atoms with van der Waals surface area (Å²) >= 11 is 0. The third-order valence-corrected chi connectivity index (χ3v) is 3.94. The van der Waals surface area contributed by atoms with Gasteiger partial charge < -0.3 is 15.1 Å². The van der Waals surface area contributed by atoms with Crippen molar-refractivity contribution < 1.29 is 0 Å². The van der Waals surface area contributed by atoms with E-state index in [1.54, 1.807) is 0 Å². The van der Waals surface area contributed by atoms with Gasteiger partial charge in [0.05, 0.1) is 6.54 Å². The normalized spacial score (nSPS) is 18.6. The summed E-state index contributed by atoms with van der Waals surface area (Å²) in [6, 6.07) is 4.36. The van der Waals surface area contributed by atoms with Gasteiger partial charge in [-0.2, -0.15) is 0 Å². The molecule has 0 aliphatic carbocycles. The highest BCUT2D eigenvalue weighted by Gasteiger charge is 2.15. The highest BCUT2D eigenvalue weighted by molar-refractivity contribution is 5.81. The number of guanidine groups is 1. The number of nitrogens with zero attached hydrogens (tertiary/aromatic N) is 4. The van der Waals surface area contributed by atoms with Crippen molar-refractivity contribution in [3.05, 3.63) is 23.4 Å². The predicted octanol–water partition coefficient (Wildman–Crippen LogP) is 1.38. The van der Waals surface area contributed by atoms with Gasteiger partial charge in [-0.15, -0.1) is 0 Å². The van der Waals surface area contributed by atoms with Gasteiger partial charge in [-0.3, -0.25) is 4.99 Å². The lowest BCUT2D eigenvalue weighted by Crippen LogP contribution is -2.35. The molecule has 1 aromatic heterocycles. The highest BCUT2D eigenvalue weighted by atomic mass is 15.3. The first-order chi connectivity index (χ1) is 9.72. The summed E-state index contributed by atoms with van der Waals surface area (Å²) in [5.41, 5.74) is 2.37. The van der Waals surface area contributed by atoms with Crippen molar-refractivity contribution >= 4 is 11.8 Å². The molecule has 0 aromatic carbocycles. The van der Waals surface area contributed by atoms with Crippen molar-refractivity contribution in [3.63, 3.8) is 0 Å². The molecule has 0 unspecified atom stereocenters. The maximum Gasteiger partial charge on any atom is 0.194 e. The molecule has 0 bridgehead atoms. The number of aryl methyl sites for hydroxylation is 1. The van der Waals surface area contributed by atoms with Crippen LogP contribution in [0.5, 0.6) is 0 Å². The number of aromatic nitrogens is 1. The molecular formula is C15H23N5. The average Bonchev–Trinajstić information content (AvgIpc) is 3.07. The van der Waals surface area contributed by atoms with E-state index < -0.39 is 0 Å². The van der Waals surface area contributed by atoms with Gasteiger partial charge in [-0.05, 0) is 37.5 Å². The molecule has 0 spiro atoms. The second kappa shape index (κ2) is 5.69. The second-order valence-corrected chi connectivity index (χ2v) is 5.65. The summed E-state index contributed by atoms with van der Waals surface area (Å²) in [6.45, 7) is 7.07. The molecule has 108 valence electrons. The molecule has 2 aliphatic heterocycles. The number of aliphatic imine (C=N–C) groups is 1. The Labute approximate surface area is 120 Å². The van der Waals surface area contributed by atoms with Crippen LogP contribution in [0.4, 0.5) is 5.82 Å². The molecule has 1 aromatic rings. The van der Waals surface area contributed by atoms with Crippen LogP contribution in [0.1, 0.15) is 24.1 Å². The predicted molar refractivity (Wildman–Crippen MR) is 82.2 cm³/mol. The standard InChI is InChI=1S/C15H23N5/c1-12-9-13(11-17-15-16-5-8-19(15)2)10-14(18-12)20-6-3-4-7-20/h9-10H,3-8,11H2,1-2H3,(H,16,17). The SMILES string of the molecule is Cc1cc(CNC2=NCCN2C)cc(N2CCCC2)n1. The minimum atomic E-state index is 0.813. The van der Waals surface area contributed by atoms with Crippen molar-refractivity contribution in [2.45, 2.75) is 26.3 Å². The van der Waals surface area contributed by atoms with E-state index in [-0.39, 0.29) is 0 Å². The molecule has 0 saturated carbocycles. The molecule has 3 rings (SSSR count). The fourth-order valence-corrected chi connectivity index (χ4v) is 2.84. The Bertz CT molecular complexity index is 505. The molecular weight excluding hydrogens is 250 g/mol. The van der Waals surface area contributed by atoms with Gasteiger partial charge in [0, 0.05) is 38.9 Å². The molecule has 1 saturated heterocycles. The van der Waals surface area contributed by atoms with E-state index in [9.17, 15) is 0 Å². The van der Waals surface area contributed by atoms with E-state index >= 15 is 0 Å². The number of likely N-dealkylation sites (N-methyl/N-ethyl adjacent to an activating group) is 1. The minimum absolute atomic E-state index is 0.813. The van der Waals surface area contributed by atoms with Crippen LogP contribution >= 0.6 is 0 Å². The number of rotatable bonds is 3. The zero-order valence-electron chi connectivity index (χ0n) is 12.4. The lowest BCUT2D eigenvalue weighted by atomic mass is 10.2. The molecule has 20 heavy (non-hydrogen) atoms. The molecule has 0 atom stereocenters. The first-order valence-electron chi connectivity index (χ1n) is 7.44. The summed E-state index contributed by atoms with van der Waals surface area (Å²) < 4.78 is 0. The minimum Gasteiger partial charge on any atom is -0.357 e. The number of pyridine rings is 1. The molecule has 0 radical (unpaired) electrons. The van der Waals surface area contributed by atoms with Gasteiger partial charge in [0.15, 0.2) is 5.96 Å². The van der Waals surface area contributed by atoms with Crippen molar-refractivity contribution in [3.8, 4) is 0 Å². The lowest BCUT2D eigenvalue weighted by Gasteiger charge is -2.19. The van der Waals surface area contributed by atoms with Crippen LogP contribution in [-0.2, 0) is 6.54 Å². The molecule has 5 nitrogen and oxygen atoms in total. The van der Waals surface area contributed by atoms with Crippen LogP contribution in [0.3, 0.4) is 0 Å². The van der Waals surface area contributed by atoms with Crippen molar-refractivity contribution in [1.29, 1.82) is 0 Å². The Balaban J connectivity index is 1.69. The first kappa shape index (κ1) is 13.2. The maximum absolute atomic E-state index is 4.67. The van der Waals surface area contributed by atoms with Gasteiger partial charge in [0.1, 0.15) is 5.82 Å². The van der Waals surface area contributed by atoms with E-state index in [1.165, 1.54) is 18.4 Å². The Morgan fingerprint density at radius 2 is 2.00 bits per heavy atom. The third kappa shape index (κ3) is 2.86. The average molecular weight is 273 g/mol. The van der Waals surface area contributed by atoms with Gasteiger partial charge in [0.2, 0.25) is 0 Å². The molecule has 3 heterocycles. The van der Waals surface area contributed by atoms with Crippen LogP contribution < -0.4 is 10.2 Å². The zero-order chi connectivity index (χ0) is 13.9. The largest absolute Gasteiger partial charge is 0.357 e. The topological polar surface area (TPSA) is 43.8 Å². The van der Waals surface area contributed by atoms with Crippen LogP contribution in [0.2, 0.25) is 0 Å². The van der Waals surface area contributed by atoms with E-state index in [2.05, 4.69) is 51.2 Å². The summed E-state index contributed by atoms with van der Waals surface area (Å²) in [6.07, 6.45) is 2.57. The monoisotopic (exact) mass is 273 g/mol. The number of anilines is 1. The lowest BCUT2D eigenvalue weighted by molar-refractivity contribution is 0.534. The van der Waals surface area contributed by atoms with E-state index in [0.717, 1.165) is 50.2 Å². The fraction of sp³-hybridized carbons (Fsp3) is 0.600. The molecule has 0 amide bonds. The third-order valence-electron chi connectivity index (χ3n) is 3.94. The molecule has 2 aliphatic rings. The Morgan fingerprint density at radius 1 is 1.20 bits per heavy atom. The summed E-state index contributed by atoms with van der Waals surface area (Å²) in [4.78, 5) is 13.7. The Hall–Kier alpha value is -1.78.